The molecule has 0 unspecified atom stereocenters. The van der Waals surface area contributed by atoms with Crippen molar-refractivity contribution in [2.24, 2.45) is 0 Å². The third-order valence-corrected chi connectivity index (χ3v) is 3.03. The summed E-state index contributed by atoms with van der Waals surface area (Å²) in [6.07, 6.45) is 0.622. The number of rotatable bonds is 3. The van der Waals surface area contributed by atoms with E-state index in [0.717, 1.165) is 5.75 Å². The molecule has 0 bridgehead atoms. The van der Waals surface area contributed by atoms with Crippen LogP contribution >= 0.6 is 34.4 Å². The fraction of sp³-hybridized carbons (Fsp3) is 0.222. The number of nitrogens with zero attached hydrogens (tertiary/aromatic N) is 1. The smallest absolute Gasteiger partial charge is 0.0630 e. The van der Waals surface area contributed by atoms with Crippen LogP contribution in [-0.4, -0.2) is 5.75 Å². The van der Waals surface area contributed by atoms with Crippen LogP contribution in [0.15, 0.2) is 29.2 Å². The molecule has 0 atom stereocenters. The molecule has 0 radical (unpaired) electrons. The number of thioether (sulfide) groups is 1. The van der Waals surface area contributed by atoms with E-state index in [1.54, 1.807) is 11.8 Å². The van der Waals surface area contributed by atoms with Crippen LogP contribution in [-0.2, 0) is 0 Å². The first-order valence-corrected chi connectivity index (χ1v) is 5.64. The summed E-state index contributed by atoms with van der Waals surface area (Å²) >= 11 is 4.01. The highest BCUT2D eigenvalue weighted by Gasteiger charge is 1.92. The van der Waals surface area contributed by atoms with Gasteiger partial charge < -0.3 is 0 Å². The number of halogens is 1. The number of benzene rings is 1. The van der Waals surface area contributed by atoms with Gasteiger partial charge in [-0.2, -0.15) is 5.26 Å². The highest BCUT2D eigenvalue weighted by atomic mass is 127. The van der Waals surface area contributed by atoms with Crippen molar-refractivity contribution < 1.29 is 0 Å². The maximum Gasteiger partial charge on any atom is 0.0630 e. The lowest BCUT2D eigenvalue weighted by atomic mass is 10.4. The highest BCUT2D eigenvalue weighted by molar-refractivity contribution is 14.1. The Balaban J connectivity index is 2.43. The summed E-state index contributed by atoms with van der Waals surface area (Å²) in [5.74, 6) is 0.886. The first-order valence-electron chi connectivity index (χ1n) is 3.58. The van der Waals surface area contributed by atoms with Crippen molar-refractivity contribution in [3.8, 4) is 6.07 Å². The van der Waals surface area contributed by atoms with Crippen LogP contribution in [0.25, 0.3) is 0 Å². The Bertz CT molecular complexity index is 276. The fourth-order valence-corrected chi connectivity index (χ4v) is 1.86. The Kier molecular flexibility index (Phi) is 4.48. The topological polar surface area (TPSA) is 23.8 Å². The molecule has 3 heteroatoms. The normalized spacial score (nSPS) is 9.33. The SMILES string of the molecule is N#CCCSc1ccc(I)cc1. The van der Waals surface area contributed by atoms with Crippen LogP contribution in [0.4, 0.5) is 0 Å². The van der Waals surface area contributed by atoms with Crippen molar-refractivity contribution in [2.45, 2.75) is 11.3 Å². The molecule has 0 aliphatic rings. The Morgan fingerprint density at radius 3 is 2.58 bits per heavy atom. The van der Waals surface area contributed by atoms with E-state index in [-0.39, 0.29) is 0 Å². The van der Waals surface area contributed by atoms with Gasteiger partial charge in [0.25, 0.3) is 0 Å². The van der Waals surface area contributed by atoms with E-state index in [4.69, 9.17) is 5.26 Å². The molecule has 0 spiro atoms. The molecule has 0 saturated carbocycles. The molecule has 1 nitrogen and oxygen atoms in total. The predicted molar refractivity (Wildman–Crippen MR) is 60.1 cm³/mol. The molecule has 62 valence electrons. The van der Waals surface area contributed by atoms with Crippen LogP contribution in [0.2, 0.25) is 0 Å². The summed E-state index contributed by atoms with van der Waals surface area (Å²) in [6, 6.07) is 10.5. The predicted octanol–water partition coefficient (Wildman–Crippen LogP) is 3.30. The van der Waals surface area contributed by atoms with Crippen LogP contribution in [0.1, 0.15) is 6.42 Å². The molecular formula is C9H8INS. The van der Waals surface area contributed by atoms with E-state index in [1.807, 2.05) is 0 Å². The lowest BCUT2D eigenvalue weighted by molar-refractivity contribution is 1.23. The van der Waals surface area contributed by atoms with Crippen LogP contribution in [0.3, 0.4) is 0 Å². The monoisotopic (exact) mass is 289 g/mol. The van der Waals surface area contributed by atoms with Crippen molar-refractivity contribution in [1.82, 2.24) is 0 Å². The minimum Gasteiger partial charge on any atom is -0.198 e. The minimum absolute atomic E-state index is 0.622. The summed E-state index contributed by atoms with van der Waals surface area (Å²) in [6.45, 7) is 0. The summed E-state index contributed by atoms with van der Waals surface area (Å²) in [5, 5.41) is 8.32. The van der Waals surface area contributed by atoms with Gasteiger partial charge in [0, 0.05) is 20.6 Å². The van der Waals surface area contributed by atoms with Gasteiger partial charge in [-0.05, 0) is 46.9 Å². The van der Waals surface area contributed by atoms with Gasteiger partial charge in [-0.3, -0.25) is 0 Å². The average molecular weight is 289 g/mol. The molecule has 0 aromatic heterocycles. The Morgan fingerprint density at radius 2 is 2.00 bits per heavy atom. The third kappa shape index (κ3) is 3.46. The largest absolute Gasteiger partial charge is 0.198 e. The average Bonchev–Trinajstić information content (AvgIpc) is 2.09. The van der Waals surface area contributed by atoms with Crippen LogP contribution < -0.4 is 0 Å². The van der Waals surface area contributed by atoms with Crippen molar-refractivity contribution in [2.75, 3.05) is 5.75 Å². The van der Waals surface area contributed by atoms with Crippen LogP contribution in [0, 0.1) is 14.9 Å². The van der Waals surface area contributed by atoms with Crippen molar-refractivity contribution >= 4 is 34.4 Å². The van der Waals surface area contributed by atoms with Gasteiger partial charge in [0.05, 0.1) is 6.07 Å². The zero-order valence-electron chi connectivity index (χ0n) is 6.46. The van der Waals surface area contributed by atoms with Crippen molar-refractivity contribution in [3.63, 3.8) is 0 Å². The van der Waals surface area contributed by atoms with E-state index in [9.17, 15) is 0 Å². The highest BCUT2D eigenvalue weighted by Crippen LogP contribution is 2.19. The second kappa shape index (κ2) is 5.44. The van der Waals surface area contributed by atoms with Gasteiger partial charge >= 0.3 is 0 Å². The lowest BCUT2D eigenvalue weighted by Gasteiger charge is -1.97. The molecule has 12 heavy (non-hydrogen) atoms. The van der Waals surface area contributed by atoms with Crippen molar-refractivity contribution in [1.29, 1.82) is 5.26 Å². The summed E-state index contributed by atoms with van der Waals surface area (Å²) in [5.41, 5.74) is 0. The fourth-order valence-electron chi connectivity index (χ4n) is 0.745. The summed E-state index contributed by atoms with van der Waals surface area (Å²) in [7, 11) is 0. The standard InChI is InChI=1S/C9H8INS/c10-8-2-4-9(5-3-8)12-7-1-6-11/h2-5H,1,7H2. The summed E-state index contributed by atoms with van der Waals surface area (Å²) in [4.78, 5) is 1.24. The summed E-state index contributed by atoms with van der Waals surface area (Å²) < 4.78 is 1.25. The van der Waals surface area contributed by atoms with Gasteiger partial charge in [0.15, 0.2) is 0 Å². The lowest BCUT2D eigenvalue weighted by Crippen LogP contribution is -1.77. The third-order valence-electron chi connectivity index (χ3n) is 1.30. The van der Waals surface area contributed by atoms with E-state index in [2.05, 4.69) is 52.9 Å². The van der Waals surface area contributed by atoms with Gasteiger partial charge in [0.1, 0.15) is 0 Å². The number of nitriles is 1. The van der Waals surface area contributed by atoms with Gasteiger partial charge in [-0.25, -0.2) is 0 Å². The molecule has 0 aliphatic carbocycles. The van der Waals surface area contributed by atoms with E-state index >= 15 is 0 Å². The molecule has 1 rings (SSSR count). The molecule has 0 N–H and O–H groups in total. The second-order valence-corrected chi connectivity index (χ2v) is 4.62. The molecule has 0 saturated heterocycles. The minimum atomic E-state index is 0.622. The van der Waals surface area contributed by atoms with E-state index < -0.39 is 0 Å². The molecule has 0 fully saturated rings. The number of hydrogen-bond donors (Lipinski definition) is 0. The number of hydrogen-bond acceptors (Lipinski definition) is 2. The molecular weight excluding hydrogens is 281 g/mol. The van der Waals surface area contributed by atoms with Crippen molar-refractivity contribution in [3.05, 3.63) is 27.8 Å². The molecule has 0 heterocycles. The maximum atomic E-state index is 8.32. The van der Waals surface area contributed by atoms with Crippen LogP contribution in [0.5, 0.6) is 0 Å². The molecule has 1 aromatic rings. The van der Waals surface area contributed by atoms with Gasteiger partial charge in [-0.15, -0.1) is 11.8 Å². The quantitative estimate of drug-likeness (QED) is 0.484. The zero-order chi connectivity index (χ0) is 8.81. The molecule has 0 aliphatic heterocycles. The maximum absolute atomic E-state index is 8.32. The first-order chi connectivity index (χ1) is 5.83. The van der Waals surface area contributed by atoms with E-state index in [1.165, 1.54) is 8.47 Å². The molecule has 1 aromatic carbocycles. The Morgan fingerprint density at radius 1 is 1.33 bits per heavy atom. The Labute approximate surface area is 90.3 Å². The van der Waals surface area contributed by atoms with E-state index in [0.29, 0.717) is 6.42 Å². The zero-order valence-corrected chi connectivity index (χ0v) is 9.43. The first kappa shape index (κ1) is 9.87. The Hall–Kier alpha value is -0.210. The van der Waals surface area contributed by atoms with Gasteiger partial charge in [-0.1, -0.05) is 0 Å². The van der Waals surface area contributed by atoms with Gasteiger partial charge in [0.2, 0.25) is 0 Å². The molecule has 0 amide bonds. The second-order valence-electron chi connectivity index (χ2n) is 2.21.